The Balaban J connectivity index is 3.36. The van der Waals surface area contributed by atoms with Gasteiger partial charge < -0.3 is 4.90 Å². The van der Waals surface area contributed by atoms with Crippen molar-refractivity contribution in [2.75, 3.05) is 13.1 Å². The van der Waals surface area contributed by atoms with E-state index in [4.69, 9.17) is 0 Å². The molecular formula is C7H15N. The Hall–Kier alpha value is -0.460. The lowest BCUT2D eigenvalue weighted by atomic mass is 10.5. The van der Waals surface area contributed by atoms with Gasteiger partial charge in [-0.3, -0.25) is 0 Å². The zero-order valence-electron chi connectivity index (χ0n) is 6.02. The molecule has 0 spiro atoms. The van der Waals surface area contributed by atoms with Crippen LogP contribution in [0.5, 0.6) is 0 Å². The minimum absolute atomic E-state index is 1.11. The van der Waals surface area contributed by atoms with Gasteiger partial charge in [-0.05, 0) is 27.0 Å². The lowest BCUT2D eigenvalue weighted by Crippen LogP contribution is -2.14. The van der Waals surface area contributed by atoms with Crippen molar-refractivity contribution in [1.82, 2.24) is 4.90 Å². The summed E-state index contributed by atoms with van der Waals surface area (Å²) in [6, 6.07) is 0. The fourth-order valence-electron chi connectivity index (χ4n) is 0.645. The maximum Gasteiger partial charge on any atom is 0.0143 e. The summed E-state index contributed by atoms with van der Waals surface area (Å²) in [7, 11) is 0. The van der Waals surface area contributed by atoms with Crippen LogP contribution >= 0.6 is 0 Å². The van der Waals surface area contributed by atoms with Crippen molar-refractivity contribution < 1.29 is 0 Å². The van der Waals surface area contributed by atoms with Crippen LogP contribution in [-0.4, -0.2) is 18.0 Å². The van der Waals surface area contributed by atoms with Gasteiger partial charge in [-0.1, -0.05) is 6.08 Å². The van der Waals surface area contributed by atoms with Crippen molar-refractivity contribution in [3.8, 4) is 0 Å². The quantitative estimate of drug-likeness (QED) is 0.540. The molecule has 0 unspecified atom stereocenters. The Morgan fingerprint density at radius 3 is 1.88 bits per heavy atom. The third-order valence-electron chi connectivity index (χ3n) is 1.17. The first kappa shape index (κ1) is 7.54. The van der Waals surface area contributed by atoms with E-state index in [0.29, 0.717) is 0 Å². The molecule has 0 rings (SSSR count). The first-order valence-electron chi connectivity index (χ1n) is 3.22. The fraction of sp³-hybridized carbons (Fsp3) is 0.714. The van der Waals surface area contributed by atoms with Crippen molar-refractivity contribution in [2.45, 2.75) is 20.8 Å². The first-order chi connectivity index (χ1) is 3.85. The van der Waals surface area contributed by atoms with Gasteiger partial charge in [0.1, 0.15) is 0 Å². The Morgan fingerprint density at radius 2 is 1.75 bits per heavy atom. The summed E-state index contributed by atoms with van der Waals surface area (Å²) < 4.78 is 0. The third kappa shape index (κ3) is 2.67. The Bertz CT molecular complexity index is 62.8. The molecule has 8 heavy (non-hydrogen) atoms. The predicted octanol–water partition coefficient (Wildman–Crippen LogP) is 1.86. The van der Waals surface area contributed by atoms with Gasteiger partial charge in [0.15, 0.2) is 0 Å². The largest absolute Gasteiger partial charge is 0.378 e. The second-order valence-electron chi connectivity index (χ2n) is 1.70. The van der Waals surface area contributed by atoms with E-state index in [1.165, 1.54) is 0 Å². The molecule has 48 valence electrons. The molecule has 0 fully saturated rings. The Kier molecular flexibility index (Phi) is 4.42. The van der Waals surface area contributed by atoms with Gasteiger partial charge in [0.05, 0.1) is 0 Å². The number of rotatable bonds is 3. The monoisotopic (exact) mass is 113 g/mol. The van der Waals surface area contributed by atoms with E-state index in [0.717, 1.165) is 13.1 Å². The number of nitrogens with zero attached hydrogens (tertiary/aromatic N) is 1. The lowest BCUT2D eigenvalue weighted by molar-refractivity contribution is 0.418. The molecule has 0 bridgehead atoms. The van der Waals surface area contributed by atoms with Gasteiger partial charge >= 0.3 is 0 Å². The van der Waals surface area contributed by atoms with Crippen molar-refractivity contribution in [1.29, 1.82) is 0 Å². The zero-order chi connectivity index (χ0) is 6.41. The summed E-state index contributed by atoms with van der Waals surface area (Å²) >= 11 is 0. The number of hydrogen-bond acceptors (Lipinski definition) is 1. The van der Waals surface area contributed by atoms with E-state index in [2.05, 4.69) is 31.0 Å². The second kappa shape index (κ2) is 4.69. The summed E-state index contributed by atoms with van der Waals surface area (Å²) in [5.74, 6) is 0. The molecule has 1 nitrogen and oxygen atoms in total. The van der Waals surface area contributed by atoms with Crippen molar-refractivity contribution >= 4 is 0 Å². The molecule has 0 aliphatic carbocycles. The molecule has 0 heterocycles. The normalized spacial score (nSPS) is 10.4. The van der Waals surface area contributed by atoms with Crippen LogP contribution in [0.4, 0.5) is 0 Å². The number of allylic oxidation sites excluding steroid dienone is 1. The summed E-state index contributed by atoms with van der Waals surface area (Å²) in [6.45, 7) is 8.58. The topological polar surface area (TPSA) is 3.24 Å². The molecule has 0 N–H and O–H groups in total. The smallest absolute Gasteiger partial charge is 0.0143 e. The van der Waals surface area contributed by atoms with Gasteiger partial charge in [-0.25, -0.2) is 0 Å². The van der Waals surface area contributed by atoms with E-state index in [-0.39, 0.29) is 0 Å². The lowest BCUT2D eigenvalue weighted by Gasteiger charge is -2.13. The van der Waals surface area contributed by atoms with Crippen LogP contribution in [0.1, 0.15) is 20.8 Å². The van der Waals surface area contributed by atoms with Crippen molar-refractivity contribution in [3.63, 3.8) is 0 Å². The van der Waals surface area contributed by atoms with Crippen LogP contribution in [0.25, 0.3) is 0 Å². The highest BCUT2D eigenvalue weighted by atomic mass is 15.1. The van der Waals surface area contributed by atoms with E-state index in [1.807, 2.05) is 6.92 Å². The summed E-state index contributed by atoms with van der Waals surface area (Å²) in [4.78, 5) is 2.25. The molecule has 0 aliphatic rings. The van der Waals surface area contributed by atoms with E-state index < -0.39 is 0 Å². The molecule has 0 saturated carbocycles. The molecule has 0 aromatic rings. The fourth-order valence-corrected chi connectivity index (χ4v) is 0.645. The highest BCUT2D eigenvalue weighted by molar-refractivity contribution is 4.76. The zero-order valence-corrected chi connectivity index (χ0v) is 6.02. The third-order valence-corrected chi connectivity index (χ3v) is 1.17. The molecule has 0 aromatic carbocycles. The number of hydrogen-bond donors (Lipinski definition) is 0. The Morgan fingerprint density at radius 1 is 1.25 bits per heavy atom. The van der Waals surface area contributed by atoms with Gasteiger partial charge in [0, 0.05) is 13.1 Å². The molecular weight excluding hydrogens is 98.1 g/mol. The molecule has 1 heteroatoms. The highest BCUT2D eigenvalue weighted by Gasteiger charge is 1.84. The van der Waals surface area contributed by atoms with Crippen molar-refractivity contribution in [3.05, 3.63) is 12.3 Å². The second-order valence-corrected chi connectivity index (χ2v) is 1.70. The molecule has 0 saturated heterocycles. The van der Waals surface area contributed by atoms with E-state index in [1.54, 1.807) is 0 Å². The average Bonchev–Trinajstić information content (AvgIpc) is 1.83. The standard InChI is InChI=1S/C7H15N/c1-4-7-8(5-2)6-3/h4,7H,5-6H2,1-3H3/b7-4-. The van der Waals surface area contributed by atoms with Gasteiger partial charge in [-0.15, -0.1) is 0 Å². The minimum Gasteiger partial charge on any atom is -0.378 e. The molecule has 0 radical (unpaired) electrons. The SMILES string of the molecule is C/C=C\N(CC)CC. The maximum atomic E-state index is 2.25. The summed E-state index contributed by atoms with van der Waals surface area (Å²) in [5.41, 5.74) is 0. The van der Waals surface area contributed by atoms with E-state index >= 15 is 0 Å². The van der Waals surface area contributed by atoms with Crippen molar-refractivity contribution in [2.24, 2.45) is 0 Å². The van der Waals surface area contributed by atoms with Crippen LogP contribution in [0.3, 0.4) is 0 Å². The molecule has 0 amide bonds. The first-order valence-corrected chi connectivity index (χ1v) is 3.22. The minimum atomic E-state index is 1.11. The highest BCUT2D eigenvalue weighted by Crippen LogP contribution is 1.85. The molecule has 0 aliphatic heterocycles. The maximum absolute atomic E-state index is 2.25. The van der Waals surface area contributed by atoms with Gasteiger partial charge in [0.2, 0.25) is 0 Å². The van der Waals surface area contributed by atoms with Gasteiger partial charge in [0.25, 0.3) is 0 Å². The van der Waals surface area contributed by atoms with Crippen LogP contribution < -0.4 is 0 Å². The summed E-state index contributed by atoms with van der Waals surface area (Å²) in [5, 5.41) is 0. The van der Waals surface area contributed by atoms with Crippen LogP contribution in [-0.2, 0) is 0 Å². The average molecular weight is 113 g/mol. The van der Waals surface area contributed by atoms with E-state index in [9.17, 15) is 0 Å². The van der Waals surface area contributed by atoms with Gasteiger partial charge in [-0.2, -0.15) is 0 Å². The van der Waals surface area contributed by atoms with Crippen LogP contribution in [0.2, 0.25) is 0 Å². The summed E-state index contributed by atoms with van der Waals surface area (Å²) in [6.07, 6.45) is 4.17. The Labute approximate surface area is 52.0 Å². The molecule has 0 atom stereocenters. The predicted molar refractivity (Wildman–Crippen MR) is 37.7 cm³/mol. The molecule has 0 aromatic heterocycles. The van der Waals surface area contributed by atoms with Crippen LogP contribution in [0, 0.1) is 0 Å². The van der Waals surface area contributed by atoms with Crippen LogP contribution in [0.15, 0.2) is 12.3 Å².